The number of imide groups is 1. The van der Waals surface area contributed by atoms with E-state index >= 15 is 8.78 Å². The van der Waals surface area contributed by atoms with Gasteiger partial charge in [0, 0.05) is 86.5 Å². The Labute approximate surface area is 358 Å². The smallest absolute Gasteiger partial charge is 0.258 e. The predicted octanol–water partition coefficient (Wildman–Crippen LogP) is 6.10. The average Bonchev–Trinajstić information content (AvgIpc) is 3.90. The Balaban J connectivity index is 0.829. The van der Waals surface area contributed by atoms with Gasteiger partial charge in [-0.1, -0.05) is 0 Å². The van der Waals surface area contributed by atoms with E-state index in [1.54, 1.807) is 10.7 Å². The number of amides is 3. The van der Waals surface area contributed by atoms with Crippen LogP contribution < -0.4 is 25.2 Å². The number of nitrogens with one attached hydrogen (secondary N) is 2. The summed E-state index contributed by atoms with van der Waals surface area (Å²) in [4.78, 5) is 54.5. The molecular weight excluding hydrogens is 795 g/mol. The predicted molar refractivity (Wildman–Crippen MR) is 230 cm³/mol. The van der Waals surface area contributed by atoms with Crippen molar-refractivity contribution in [2.24, 2.45) is 18.9 Å². The minimum absolute atomic E-state index is 0.0555. The molecule has 0 radical (unpaired) electrons. The van der Waals surface area contributed by atoms with Gasteiger partial charge in [0.15, 0.2) is 0 Å². The second kappa shape index (κ2) is 15.8. The summed E-state index contributed by atoms with van der Waals surface area (Å²) in [6.07, 6.45) is 5.20. The fraction of sp³-hybridized carbons (Fsp3) is 0.478. The van der Waals surface area contributed by atoms with E-state index in [-0.39, 0.29) is 30.4 Å². The first kappa shape index (κ1) is 40.2. The molecule has 3 saturated heterocycles. The molecule has 4 aliphatic heterocycles. The van der Waals surface area contributed by atoms with E-state index in [0.29, 0.717) is 66.3 Å². The van der Waals surface area contributed by atoms with Gasteiger partial charge in [-0.15, -0.1) is 0 Å². The molecule has 14 nitrogen and oxygen atoms in total. The number of ether oxygens (including phenoxy) is 1. The molecule has 3 atom stereocenters. The largest absolute Gasteiger partial charge is 0.477 e. The van der Waals surface area contributed by atoms with Gasteiger partial charge in [0.2, 0.25) is 23.6 Å². The summed E-state index contributed by atoms with van der Waals surface area (Å²) in [6.45, 7) is 8.20. The number of carbonyl (C=O) groups excluding carboxylic acids is 3. The topological polar surface area (TPSA) is 143 Å². The Bertz CT molecular complexity index is 2590. The molecule has 3 amide bonds. The maximum atomic E-state index is 15.3. The molecule has 1 saturated carbocycles. The summed E-state index contributed by atoms with van der Waals surface area (Å²) >= 11 is 0. The minimum atomic E-state index is -1.01. The van der Waals surface area contributed by atoms with Crippen LogP contribution in [0.15, 0.2) is 42.5 Å². The number of hydrogen-bond acceptors (Lipinski definition) is 10. The molecule has 3 aromatic heterocycles. The highest BCUT2D eigenvalue weighted by atomic mass is 19.1. The Morgan fingerprint density at radius 2 is 1.58 bits per heavy atom. The van der Waals surface area contributed by atoms with Crippen LogP contribution in [0.5, 0.6) is 5.88 Å². The molecule has 1 aliphatic carbocycles. The first-order valence-electron chi connectivity index (χ1n) is 21.9. The van der Waals surface area contributed by atoms with Crippen molar-refractivity contribution in [3.63, 3.8) is 0 Å². The second-order valence-corrected chi connectivity index (χ2v) is 18.1. The lowest BCUT2D eigenvalue weighted by Crippen LogP contribution is -2.61. The van der Waals surface area contributed by atoms with Crippen molar-refractivity contribution in [3.05, 3.63) is 76.6 Å². The van der Waals surface area contributed by atoms with E-state index in [9.17, 15) is 14.4 Å². The highest BCUT2D eigenvalue weighted by molar-refractivity contribution is 6.05. The zero-order valence-corrected chi connectivity index (χ0v) is 35.6. The fourth-order valence-corrected chi connectivity index (χ4v) is 10.5. The van der Waals surface area contributed by atoms with Crippen LogP contribution in [0.4, 0.5) is 26.1 Å². The number of rotatable bonds is 5. The molecule has 0 spiro atoms. The SMILES string of the molecule is Cc1cc2cc(n1)-c1c(C)nn(C)c1OC[C@H]1CC[C@H](C1)Cn1c(nc3ccc(N4CCC(N(C)C5CN(c6cc(F)c([C@H]7CCC(=O)NC7=O)c(F)c6)C5)CC4)cc31)NC2=O. The van der Waals surface area contributed by atoms with Crippen molar-refractivity contribution >= 4 is 46.1 Å². The lowest BCUT2D eigenvalue weighted by molar-refractivity contribution is -0.134. The first-order valence-corrected chi connectivity index (χ1v) is 21.9. The number of benzene rings is 2. The number of imidazole rings is 1. The number of aromatic nitrogens is 5. The molecule has 16 heteroatoms. The highest BCUT2D eigenvalue weighted by Gasteiger charge is 2.38. The quantitative estimate of drug-likeness (QED) is 0.200. The zero-order chi connectivity index (χ0) is 43.0. The number of fused-ring (bicyclic) bond motifs is 9. The van der Waals surface area contributed by atoms with Crippen molar-refractivity contribution in [1.82, 2.24) is 34.5 Å². The van der Waals surface area contributed by atoms with Gasteiger partial charge in [-0.3, -0.25) is 34.9 Å². The number of hydrogen-bond donors (Lipinski definition) is 2. The average molecular weight is 847 g/mol. The van der Waals surface area contributed by atoms with Gasteiger partial charge >= 0.3 is 0 Å². The van der Waals surface area contributed by atoms with Crippen LogP contribution in [0.3, 0.4) is 0 Å². The van der Waals surface area contributed by atoms with Crippen molar-refractivity contribution in [2.75, 3.05) is 55.0 Å². The molecule has 62 heavy (non-hydrogen) atoms. The van der Waals surface area contributed by atoms with E-state index in [4.69, 9.17) is 14.7 Å². The van der Waals surface area contributed by atoms with E-state index in [1.165, 1.54) is 12.1 Å². The van der Waals surface area contributed by atoms with Gasteiger partial charge in [-0.05, 0) is 114 Å². The molecule has 5 aromatic rings. The number of anilines is 3. The first-order chi connectivity index (χ1) is 29.9. The Morgan fingerprint density at radius 3 is 2.34 bits per heavy atom. The molecule has 2 aromatic carbocycles. The summed E-state index contributed by atoms with van der Waals surface area (Å²) < 4.78 is 41.0. The Morgan fingerprint density at radius 1 is 0.823 bits per heavy atom. The van der Waals surface area contributed by atoms with Gasteiger partial charge in [0.1, 0.15) is 11.6 Å². The lowest BCUT2D eigenvalue weighted by atomic mass is 9.89. The van der Waals surface area contributed by atoms with E-state index in [2.05, 4.69) is 55.3 Å². The number of piperidine rings is 2. The molecule has 7 heterocycles. The number of nitrogens with zero attached hydrogens (tertiary/aromatic N) is 8. The van der Waals surface area contributed by atoms with Gasteiger partial charge in [-0.2, -0.15) is 5.10 Å². The molecule has 2 N–H and O–H groups in total. The number of pyridine rings is 1. The number of carbonyl (C=O) groups is 3. The Hall–Kier alpha value is -5.90. The van der Waals surface area contributed by atoms with Crippen LogP contribution in [-0.2, 0) is 23.2 Å². The summed E-state index contributed by atoms with van der Waals surface area (Å²) in [5.74, 6) is -1.86. The van der Waals surface area contributed by atoms with Crippen LogP contribution in [0.1, 0.15) is 78.2 Å². The number of likely N-dealkylation sites (N-methyl/N-ethyl adjacent to an activating group) is 1. The van der Waals surface area contributed by atoms with Crippen molar-refractivity contribution in [2.45, 2.75) is 83.3 Å². The highest BCUT2D eigenvalue weighted by Crippen LogP contribution is 2.39. The molecule has 10 rings (SSSR count). The van der Waals surface area contributed by atoms with Gasteiger partial charge in [0.25, 0.3) is 5.91 Å². The van der Waals surface area contributed by atoms with Crippen molar-refractivity contribution < 1.29 is 27.9 Å². The van der Waals surface area contributed by atoms with E-state index in [0.717, 1.165) is 85.4 Å². The second-order valence-electron chi connectivity index (χ2n) is 18.1. The van der Waals surface area contributed by atoms with E-state index in [1.807, 2.05) is 31.9 Å². The summed E-state index contributed by atoms with van der Waals surface area (Å²) in [5.41, 5.74) is 6.61. The molecule has 4 bridgehead atoms. The molecular formula is C46H52F2N10O4. The minimum Gasteiger partial charge on any atom is -0.477 e. The number of aryl methyl sites for hydroxylation is 3. The van der Waals surface area contributed by atoms with Crippen molar-refractivity contribution in [1.29, 1.82) is 0 Å². The van der Waals surface area contributed by atoms with Gasteiger partial charge in [-0.25, -0.2) is 18.4 Å². The Kier molecular flexibility index (Phi) is 10.2. The third-order valence-corrected chi connectivity index (χ3v) is 14.0. The maximum Gasteiger partial charge on any atom is 0.258 e. The summed E-state index contributed by atoms with van der Waals surface area (Å²) in [6, 6.07) is 13.2. The summed E-state index contributed by atoms with van der Waals surface area (Å²) in [7, 11) is 4.03. The normalized spacial score (nSPS) is 22.4. The van der Waals surface area contributed by atoms with Crippen LogP contribution in [0, 0.1) is 37.3 Å². The molecule has 4 fully saturated rings. The van der Waals surface area contributed by atoms with Gasteiger partial charge < -0.3 is 19.1 Å². The van der Waals surface area contributed by atoms with Gasteiger partial charge in [0.05, 0.1) is 40.5 Å². The van der Waals surface area contributed by atoms with Crippen LogP contribution in [0.25, 0.3) is 22.3 Å². The summed E-state index contributed by atoms with van der Waals surface area (Å²) in [5, 5.41) is 10.0. The third-order valence-electron chi connectivity index (χ3n) is 14.0. The number of halogens is 2. The lowest BCUT2D eigenvalue weighted by Gasteiger charge is -2.49. The van der Waals surface area contributed by atoms with E-state index < -0.39 is 29.4 Å². The monoisotopic (exact) mass is 846 g/mol. The van der Waals surface area contributed by atoms with Crippen LogP contribution >= 0.6 is 0 Å². The zero-order valence-electron chi connectivity index (χ0n) is 35.6. The maximum absolute atomic E-state index is 15.3. The van der Waals surface area contributed by atoms with Crippen LogP contribution in [0.2, 0.25) is 0 Å². The molecule has 0 unspecified atom stereocenters. The molecule has 5 aliphatic rings. The standard InChI is InChI=1S/C46H52F2N10O4/c1-25-15-29-17-38(49-25)41-26(2)53-55(4)45(41)62-24-28-6-5-27(16-28)21-58-39-20-31(7-9-37(39)50-46(58)52-43(29)60)56-13-11-30(12-14-56)54(3)33-22-57(23-33)32-18-35(47)42(36(48)19-32)34-8-10-40(59)51-44(34)61/h7,9,15,17-20,27-28,30,33-34H,5-6,8,10-14,16,21-24H2,1-4H3,(H,50,52,60)(H,51,59,61)/t27-,28+,34-/m1/s1. The van der Waals surface area contributed by atoms with Crippen molar-refractivity contribution in [3.8, 4) is 17.1 Å². The molecule has 324 valence electrons. The van der Waals surface area contributed by atoms with Crippen LogP contribution in [-0.4, -0.2) is 98.9 Å². The fourth-order valence-electron chi connectivity index (χ4n) is 10.5. The third kappa shape index (κ3) is 7.35.